The quantitative estimate of drug-likeness (QED) is 0.581. The molecular weight excluding hydrogens is 140 g/mol. The van der Waals surface area contributed by atoms with E-state index in [-0.39, 0.29) is 6.61 Å². The first-order chi connectivity index (χ1) is 5.24. The Labute approximate surface area is 66.0 Å². The molecule has 0 saturated carbocycles. The molecule has 0 aliphatic heterocycles. The molecule has 0 aromatic carbocycles. The smallest absolute Gasteiger partial charge is 0.232 e. The maximum absolute atomic E-state index is 5.09. The minimum absolute atomic E-state index is 0.274. The van der Waals surface area contributed by atoms with Crippen molar-refractivity contribution < 1.29 is 4.74 Å². The fourth-order valence-corrected chi connectivity index (χ4v) is 0.711. The zero-order valence-corrected chi connectivity index (χ0v) is 6.66. The van der Waals surface area contributed by atoms with Crippen LogP contribution in [0.25, 0.3) is 0 Å². The van der Waals surface area contributed by atoms with Gasteiger partial charge in [0.05, 0.1) is 6.20 Å². The Balaban J connectivity index is 2.67. The molecule has 0 spiro atoms. The van der Waals surface area contributed by atoms with Crippen molar-refractivity contribution >= 4 is 0 Å². The van der Waals surface area contributed by atoms with Crippen molar-refractivity contribution in [1.29, 1.82) is 0 Å². The molecule has 0 radical (unpaired) electrons. The van der Waals surface area contributed by atoms with Crippen LogP contribution in [0.2, 0.25) is 0 Å². The molecular formula is C8H10N2O. The summed E-state index contributed by atoms with van der Waals surface area (Å²) in [6, 6.07) is 0. The van der Waals surface area contributed by atoms with Gasteiger partial charge in [0.1, 0.15) is 5.82 Å². The van der Waals surface area contributed by atoms with E-state index in [0.717, 1.165) is 5.82 Å². The first-order valence-corrected chi connectivity index (χ1v) is 3.30. The second-order valence-corrected chi connectivity index (χ2v) is 2.23. The van der Waals surface area contributed by atoms with Gasteiger partial charge in [0.2, 0.25) is 5.88 Å². The first kappa shape index (κ1) is 7.67. The summed E-state index contributed by atoms with van der Waals surface area (Å²) in [5, 5.41) is 0. The summed E-state index contributed by atoms with van der Waals surface area (Å²) in [4.78, 5) is 4.09. The molecule has 0 unspecified atom stereocenters. The number of nitrogens with zero attached hydrogens (tertiary/aromatic N) is 2. The number of rotatable bonds is 2. The van der Waals surface area contributed by atoms with Gasteiger partial charge in [0, 0.05) is 7.05 Å². The Morgan fingerprint density at radius 3 is 3.00 bits per heavy atom. The van der Waals surface area contributed by atoms with Crippen LogP contribution >= 0.6 is 0 Å². The Morgan fingerprint density at radius 1 is 1.82 bits per heavy atom. The van der Waals surface area contributed by atoms with Gasteiger partial charge >= 0.3 is 0 Å². The lowest BCUT2D eigenvalue weighted by molar-refractivity contribution is 0.357. The van der Waals surface area contributed by atoms with Crippen molar-refractivity contribution in [2.45, 2.75) is 6.92 Å². The number of hydrogen-bond acceptors (Lipinski definition) is 2. The average Bonchev–Trinajstić information content (AvgIpc) is 2.28. The van der Waals surface area contributed by atoms with Gasteiger partial charge < -0.3 is 9.30 Å². The SMILES string of the molecule is C#CCOc1cn(C)c(C)n1. The number of ether oxygens (including phenoxy) is 1. The Hall–Kier alpha value is -1.43. The van der Waals surface area contributed by atoms with Gasteiger partial charge in [-0.3, -0.25) is 0 Å². The molecule has 0 aliphatic carbocycles. The van der Waals surface area contributed by atoms with Crippen LogP contribution in [-0.4, -0.2) is 16.2 Å². The molecule has 0 fully saturated rings. The van der Waals surface area contributed by atoms with E-state index in [1.807, 2.05) is 18.5 Å². The topological polar surface area (TPSA) is 27.1 Å². The Morgan fingerprint density at radius 2 is 2.55 bits per heavy atom. The van der Waals surface area contributed by atoms with Crippen LogP contribution < -0.4 is 4.74 Å². The van der Waals surface area contributed by atoms with Gasteiger partial charge in [-0.1, -0.05) is 5.92 Å². The largest absolute Gasteiger partial charge is 0.463 e. The van der Waals surface area contributed by atoms with Crippen molar-refractivity contribution in [1.82, 2.24) is 9.55 Å². The lowest BCUT2D eigenvalue weighted by Gasteiger charge is -1.92. The van der Waals surface area contributed by atoms with Crippen LogP contribution in [0, 0.1) is 19.3 Å². The zero-order chi connectivity index (χ0) is 8.27. The zero-order valence-electron chi connectivity index (χ0n) is 6.66. The Kier molecular flexibility index (Phi) is 2.17. The molecule has 0 N–H and O–H groups in total. The van der Waals surface area contributed by atoms with Gasteiger partial charge in [0.15, 0.2) is 6.61 Å². The number of imidazole rings is 1. The monoisotopic (exact) mass is 150 g/mol. The normalized spacial score (nSPS) is 9.18. The predicted octanol–water partition coefficient (Wildman–Crippen LogP) is 0.741. The van der Waals surface area contributed by atoms with Gasteiger partial charge in [-0.05, 0) is 6.92 Å². The second kappa shape index (κ2) is 3.11. The highest BCUT2D eigenvalue weighted by Crippen LogP contribution is 2.07. The molecule has 1 heterocycles. The molecule has 1 rings (SSSR count). The number of hydrogen-bond donors (Lipinski definition) is 0. The van der Waals surface area contributed by atoms with Crippen LogP contribution in [0.1, 0.15) is 5.82 Å². The summed E-state index contributed by atoms with van der Waals surface area (Å²) in [5.41, 5.74) is 0. The minimum Gasteiger partial charge on any atom is -0.463 e. The van der Waals surface area contributed by atoms with Crippen molar-refractivity contribution in [3.05, 3.63) is 12.0 Å². The highest BCUT2D eigenvalue weighted by molar-refractivity contribution is 5.09. The van der Waals surface area contributed by atoms with Gasteiger partial charge in [-0.25, -0.2) is 0 Å². The maximum Gasteiger partial charge on any atom is 0.232 e. The predicted molar refractivity (Wildman–Crippen MR) is 42.3 cm³/mol. The van der Waals surface area contributed by atoms with Crippen molar-refractivity contribution in [3.8, 4) is 18.2 Å². The standard InChI is InChI=1S/C8H10N2O/c1-4-5-11-8-6-10(3)7(2)9-8/h1,6H,5H2,2-3H3. The number of aryl methyl sites for hydroxylation is 2. The van der Waals surface area contributed by atoms with Gasteiger partial charge in [-0.2, -0.15) is 4.98 Å². The van der Waals surface area contributed by atoms with Crippen LogP contribution in [0.3, 0.4) is 0 Å². The molecule has 11 heavy (non-hydrogen) atoms. The molecule has 3 nitrogen and oxygen atoms in total. The third kappa shape index (κ3) is 1.74. The minimum atomic E-state index is 0.274. The Bertz CT molecular complexity index is 263. The lowest BCUT2D eigenvalue weighted by atomic mass is 10.7. The molecule has 0 saturated heterocycles. The molecule has 0 amide bonds. The molecule has 1 aromatic heterocycles. The molecule has 58 valence electrons. The van der Waals surface area contributed by atoms with E-state index in [0.29, 0.717) is 5.88 Å². The van der Waals surface area contributed by atoms with Crippen molar-refractivity contribution in [2.24, 2.45) is 7.05 Å². The molecule has 0 aliphatic rings. The molecule has 3 heteroatoms. The summed E-state index contributed by atoms with van der Waals surface area (Å²) in [6.07, 6.45) is 6.81. The summed E-state index contributed by atoms with van der Waals surface area (Å²) in [6.45, 7) is 2.18. The van der Waals surface area contributed by atoms with Crippen molar-refractivity contribution in [2.75, 3.05) is 6.61 Å². The van der Waals surface area contributed by atoms with E-state index in [4.69, 9.17) is 11.2 Å². The van der Waals surface area contributed by atoms with Crippen LogP contribution in [-0.2, 0) is 7.05 Å². The third-order valence-corrected chi connectivity index (χ3v) is 1.39. The fraction of sp³-hybridized carbons (Fsp3) is 0.375. The van der Waals surface area contributed by atoms with Crippen LogP contribution in [0.5, 0.6) is 5.88 Å². The van der Waals surface area contributed by atoms with Gasteiger partial charge in [0.25, 0.3) is 0 Å². The maximum atomic E-state index is 5.09. The van der Waals surface area contributed by atoms with E-state index >= 15 is 0 Å². The van der Waals surface area contributed by atoms with Gasteiger partial charge in [-0.15, -0.1) is 6.42 Å². The first-order valence-electron chi connectivity index (χ1n) is 3.30. The van der Waals surface area contributed by atoms with Crippen molar-refractivity contribution in [3.63, 3.8) is 0 Å². The summed E-state index contributed by atoms with van der Waals surface area (Å²) < 4.78 is 6.97. The molecule has 0 atom stereocenters. The highest BCUT2D eigenvalue weighted by atomic mass is 16.5. The third-order valence-electron chi connectivity index (χ3n) is 1.39. The van der Waals surface area contributed by atoms with E-state index in [2.05, 4.69) is 10.9 Å². The van der Waals surface area contributed by atoms with E-state index in [9.17, 15) is 0 Å². The van der Waals surface area contributed by atoms with Crippen LogP contribution in [0.4, 0.5) is 0 Å². The van der Waals surface area contributed by atoms with E-state index < -0.39 is 0 Å². The summed E-state index contributed by atoms with van der Waals surface area (Å²) >= 11 is 0. The summed E-state index contributed by atoms with van der Waals surface area (Å²) in [5.74, 6) is 3.87. The number of aromatic nitrogens is 2. The molecule has 1 aromatic rings. The van der Waals surface area contributed by atoms with E-state index in [1.54, 1.807) is 6.20 Å². The molecule has 0 bridgehead atoms. The second-order valence-electron chi connectivity index (χ2n) is 2.23. The van der Waals surface area contributed by atoms with E-state index in [1.165, 1.54) is 0 Å². The lowest BCUT2D eigenvalue weighted by Crippen LogP contribution is -1.92. The number of terminal acetylenes is 1. The highest BCUT2D eigenvalue weighted by Gasteiger charge is 1.99. The average molecular weight is 150 g/mol. The van der Waals surface area contributed by atoms with Crippen LogP contribution in [0.15, 0.2) is 6.20 Å². The summed E-state index contributed by atoms with van der Waals surface area (Å²) in [7, 11) is 1.91. The fourth-order valence-electron chi connectivity index (χ4n) is 0.711.